The molecule has 30 heavy (non-hydrogen) atoms. The number of carbonyl (C=O) groups excluding carboxylic acids is 2. The number of esters is 2. The third-order valence-electron chi connectivity index (χ3n) is 3.71. The Kier molecular flexibility index (Phi) is 7.65. The van der Waals surface area contributed by atoms with Gasteiger partial charge in [-0.3, -0.25) is 4.79 Å². The maximum Gasteiger partial charge on any atom is 0.430 e. The van der Waals surface area contributed by atoms with Crippen molar-refractivity contribution in [2.45, 2.75) is 25.6 Å². The van der Waals surface area contributed by atoms with E-state index < -0.39 is 61.1 Å². The first-order valence-electron chi connectivity index (χ1n) is 8.34. The molecular formula is C17H15BrF3NO8. The third kappa shape index (κ3) is 6.34. The van der Waals surface area contributed by atoms with Gasteiger partial charge in [0, 0.05) is 10.0 Å². The Morgan fingerprint density at radius 2 is 1.90 bits per heavy atom. The van der Waals surface area contributed by atoms with Crippen molar-refractivity contribution in [3.8, 4) is 5.75 Å². The van der Waals surface area contributed by atoms with E-state index in [9.17, 15) is 32.9 Å². The fraction of sp³-hybridized carbons (Fsp3) is 0.412. The highest BCUT2D eigenvalue weighted by Crippen LogP contribution is 2.40. The number of fused-ring (bicyclic) bond motifs is 1. The summed E-state index contributed by atoms with van der Waals surface area (Å²) in [6.07, 6.45) is -6.77. The van der Waals surface area contributed by atoms with Crippen molar-refractivity contribution in [3.63, 3.8) is 0 Å². The van der Waals surface area contributed by atoms with Crippen molar-refractivity contribution in [2.75, 3.05) is 19.8 Å². The standard InChI is InChI=1S/C17H15BrF3NO8/c1-9-6-11(18)7-10-8-12(15(17(19,20)21)30-14(9)10)16(24)28-5-4-27-13(23)2-3-29-22(25)26/h6-8,15H,2-5H2,1H3/t15-/m0/s1. The monoisotopic (exact) mass is 497 g/mol. The highest BCUT2D eigenvalue weighted by molar-refractivity contribution is 9.10. The van der Waals surface area contributed by atoms with Gasteiger partial charge >= 0.3 is 18.1 Å². The summed E-state index contributed by atoms with van der Waals surface area (Å²) >= 11 is 3.23. The Morgan fingerprint density at radius 1 is 1.23 bits per heavy atom. The van der Waals surface area contributed by atoms with Crippen LogP contribution in [0.2, 0.25) is 0 Å². The van der Waals surface area contributed by atoms with Gasteiger partial charge in [0.1, 0.15) is 25.6 Å². The normalized spacial score (nSPS) is 15.4. The molecular weight excluding hydrogens is 483 g/mol. The summed E-state index contributed by atoms with van der Waals surface area (Å²) in [6, 6.07) is 3.07. The molecule has 1 aliphatic rings. The molecule has 1 aromatic rings. The maximum atomic E-state index is 13.4. The van der Waals surface area contributed by atoms with Gasteiger partial charge < -0.3 is 19.0 Å². The van der Waals surface area contributed by atoms with Crippen molar-refractivity contribution >= 4 is 33.9 Å². The number of ether oxygens (including phenoxy) is 3. The van der Waals surface area contributed by atoms with Crippen LogP contribution in [0.3, 0.4) is 0 Å². The van der Waals surface area contributed by atoms with Gasteiger partial charge in [0.15, 0.2) is 0 Å². The Bertz CT molecular complexity index is 871. The fourth-order valence-corrected chi connectivity index (χ4v) is 3.10. The highest BCUT2D eigenvalue weighted by atomic mass is 79.9. The van der Waals surface area contributed by atoms with Crippen molar-refractivity contribution in [2.24, 2.45) is 0 Å². The molecule has 1 heterocycles. The Hall–Kier alpha value is -2.83. The summed E-state index contributed by atoms with van der Waals surface area (Å²) in [5, 5.41) is 8.87. The van der Waals surface area contributed by atoms with Crippen LogP contribution < -0.4 is 4.74 Å². The summed E-state index contributed by atoms with van der Waals surface area (Å²) in [5.41, 5.74) is -0.0324. The lowest BCUT2D eigenvalue weighted by molar-refractivity contribution is -0.757. The molecule has 0 fully saturated rings. The van der Waals surface area contributed by atoms with Crippen LogP contribution in [0.1, 0.15) is 17.5 Å². The minimum Gasteiger partial charge on any atom is -0.475 e. The molecule has 1 aromatic carbocycles. The molecule has 0 N–H and O–H groups in total. The zero-order valence-electron chi connectivity index (χ0n) is 15.4. The van der Waals surface area contributed by atoms with Gasteiger partial charge in [-0.1, -0.05) is 15.9 Å². The van der Waals surface area contributed by atoms with E-state index >= 15 is 0 Å². The van der Waals surface area contributed by atoms with Crippen LogP contribution in [0.15, 0.2) is 22.2 Å². The Labute approximate surface area is 175 Å². The molecule has 164 valence electrons. The average Bonchev–Trinajstić information content (AvgIpc) is 2.62. The molecule has 0 amide bonds. The van der Waals surface area contributed by atoms with Gasteiger partial charge in [-0.2, -0.15) is 13.2 Å². The number of carbonyl (C=O) groups is 2. The minimum atomic E-state index is -4.87. The number of halogens is 4. The van der Waals surface area contributed by atoms with Gasteiger partial charge in [-0.05, 0) is 30.7 Å². The van der Waals surface area contributed by atoms with E-state index in [-0.39, 0.29) is 11.3 Å². The van der Waals surface area contributed by atoms with Crippen molar-refractivity contribution in [3.05, 3.63) is 43.4 Å². The van der Waals surface area contributed by atoms with Gasteiger partial charge in [-0.15, -0.1) is 10.1 Å². The molecule has 0 spiro atoms. The minimum absolute atomic E-state index is 0.00273. The summed E-state index contributed by atoms with van der Waals surface area (Å²) in [5.74, 6) is -2.15. The number of benzene rings is 1. The van der Waals surface area contributed by atoms with Crippen LogP contribution in [-0.4, -0.2) is 49.1 Å². The first-order chi connectivity index (χ1) is 14.0. The molecule has 0 bridgehead atoms. The number of rotatable bonds is 8. The molecule has 0 saturated heterocycles. The average molecular weight is 498 g/mol. The van der Waals surface area contributed by atoms with E-state index in [1.54, 1.807) is 13.0 Å². The third-order valence-corrected chi connectivity index (χ3v) is 4.17. The molecule has 1 atom stereocenters. The number of alkyl halides is 3. The fourth-order valence-electron chi connectivity index (χ4n) is 2.51. The van der Waals surface area contributed by atoms with Crippen LogP contribution in [0, 0.1) is 17.0 Å². The highest BCUT2D eigenvalue weighted by Gasteiger charge is 2.49. The van der Waals surface area contributed by atoms with Gasteiger partial charge in [-0.25, -0.2) is 4.79 Å². The quantitative estimate of drug-likeness (QED) is 0.233. The Morgan fingerprint density at radius 3 is 2.53 bits per heavy atom. The molecule has 0 aromatic heterocycles. The molecule has 0 aliphatic carbocycles. The van der Waals surface area contributed by atoms with Crippen LogP contribution in [0.5, 0.6) is 5.75 Å². The second-order valence-corrected chi connectivity index (χ2v) is 6.86. The lowest BCUT2D eigenvalue weighted by Gasteiger charge is -2.29. The molecule has 0 unspecified atom stereocenters. The zero-order valence-corrected chi connectivity index (χ0v) is 16.9. The first-order valence-corrected chi connectivity index (χ1v) is 9.13. The molecule has 0 saturated carbocycles. The summed E-state index contributed by atoms with van der Waals surface area (Å²) < 4.78 is 55.3. The van der Waals surface area contributed by atoms with Crippen LogP contribution >= 0.6 is 15.9 Å². The van der Waals surface area contributed by atoms with Crippen molar-refractivity contribution in [1.29, 1.82) is 0 Å². The van der Waals surface area contributed by atoms with Gasteiger partial charge in [0.2, 0.25) is 6.10 Å². The van der Waals surface area contributed by atoms with Crippen molar-refractivity contribution < 1.29 is 46.9 Å². The van der Waals surface area contributed by atoms with Gasteiger partial charge in [0.05, 0.1) is 12.0 Å². The van der Waals surface area contributed by atoms with Crippen molar-refractivity contribution in [1.82, 2.24) is 0 Å². The van der Waals surface area contributed by atoms with E-state index in [0.29, 0.717) is 10.0 Å². The molecule has 2 rings (SSSR count). The van der Waals surface area contributed by atoms with E-state index in [4.69, 9.17) is 9.47 Å². The second-order valence-electron chi connectivity index (χ2n) is 5.94. The number of aryl methyl sites for hydroxylation is 1. The Balaban J connectivity index is 2.00. The summed E-state index contributed by atoms with van der Waals surface area (Å²) in [7, 11) is 0. The summed E-state index contributed by atoms with van der Waals surface area (Å²) in [4.78, 5) is 37.4. The topological polar surface area (TPSA) is 114 Å². The van der Waals surface area contributed by atoms with Crippen LogP contribution in [0.25, 0.3) is 6.08 Å². The smallest absolute Gasteiger partial charge is 0.430 e. The van der Waals surface area contributed by atoms with E-state index in [1.165, 1.54) is 6.07 Å². The first kappa shape index (κ1) is 23.4. The summed E-state index contributed by atoms with van der Waals surface area (Å²) in [6.45, 7) is 0.0821. The number of nitrogens with zero attached hydrogens (tertiary/aromatic N) is 1. The lowest BCUT2D eigenvalue weighted by Crippen LogP contribution is -2.41. The predicted molar refractivity (Wildman–Crippen MR) is 96.8 cm³/mol. The zero-order chi connectivity index (χ0) is 22.5. The van der Waals surface area contributed by atoms with E-state index in [0.717, 1.165) is 6.08 Å². The number of hydrogen-bond acceptors (Lipinski definition) is 8. The SMILES string of the molecule is Cc1cc(Br)cc2c1O[C@H](C(F)(F)F)C(C(=O)OCCOC(=O)CCO[N+](=O)[O-])=C2. The van der Waals surface area contributed by atoms with E-state index in [1.807, 2.05) is 0 Å². The lowest BCUT2D eigenvalue weighted by atomic mass is 9.99. The predicted octanol–water partition coefficient (Wildman–Crippen LogP) is 3.15. The van der Waals surface area contributed by atoms with Crippen LogP contribution in [-0.2, 0) is 23.9 Å². The molecule has 9 nitrogen and oxygen atoms in total. The van der Waals surface area contributed by atoms with Gasteiger partial charge in [0.25, 0.3) is 5.09 Å². The molecule has 13 heteroatoms. The molecule has 0 radical (unpaired) electrons. The van der Waals surface area contributed by atoms with E-state index in [2.05, 4.69) is 25.5 Å². The second kappa shape index (κ2) is 9.78. The maximum absolute atomic E-state index is 13.4. The largest absolute Gasteiger partial charge is 0.475 e. The molecule has 1 aliphatic heterocycles. The van der Waals surface area contributed by atoms with Crippen LogP contribution in [0.4, 0.5) is 13.2 Å². The number of hydrogen-bond donors (Lipinski definition) is 0.